The second kappa shape index (κ2) is 4.02. The number of hydrogen-bond donors (Lipinski definition) is 1. The fraction of sp³-hybridized carbons (Fsp3) is 0.0909. The summed E-state index contributed by atoms with van der Waals surface area (Å²) in [5.41, 5.74) is 7.99. The minimum Gasteiger partial charge on any atom is -0.375 e. The van der Waals surface area contributed by atoms with Crippen LogP contribution in [0.2, 0.25) is 0 Å². The van der Waals surface area contributed by atoms with E-state index in [2.05, 4.69) is 9.97 Å². The largest absolute Gasteiger partial charge is 0.375 e. The van der Waals surface area contributed by atoms with E-state index in [4.69, 9.17) is 5.73 Å². The number of nitrogens with two attached hydrogens (primary N) is 1. The first kappa shape index (κ1) is 11.6. The minimum atomic E-state index is -0.443. The van der Waals surface area contributed by atoms with Crippen LogP contribution < -0.4 is 5.73 Å². The normalized spacial score (nSPS) is 11.0. The summed E-state index contributed by atoms with van der Waals surface area (Å²) in [6, 6.07) is 3.05. The summed E-state index contributed by atoms with van der Waals surface area (Å²) in [5.74, 6) is 0. The van der Waals surface area contributed by atoms with Gasteiger partial charge in [0.15, 0.2) is 5.13 Å². The lowest BCUT2D eigenvalue weighted by molar-refractivity contribution is -0.383. The van der Waals surface area contributed by atoms with Crippen molar-refractivity contribution in [3.8, 4) is 11.4 Å². The standard InChI is InChI=1S/C11H9N5O2S/c1-6-9(7-5-19-11(12)14-7)15-4-2-3-8(16(17)18)10(15)13-6/h2-5H,1H3,(H2,12,14). The summed E-state index contributed by atoms with van der Waals surface area (Å²) in [6.07, 6.45) is 1.73. The molecule has 0 radical (unpaired) electrons. The summed E-state index contributed by atoms with van der Waals surface area (Å²) >= 11 is 1.32. The molecule has 0 bridgehead atoms. The van der Waals surface area contributed by atoms with Gasteiger partial charge in [-0.05, 0) is 13.0 Å². The van der Waals surface area contributed by atoms with E-state index < -0.39 is 4.92 Å². The SMILES string of the molecule is Cc1nc2c([N+](=O)[O-])cccn2c1-c1csc(N)n1. The van der Waals surface area contributed by atoms with Crippen molar-refractivity contribution in [3.05, 3.63) is 39.5 Å². The number of nitrogens with zero attached hydrogens (tertiary/aromatic N) is 4. The Balaban J connectivity index is 2.35. The molecule has 3 aromatic rings. The van der Waals surface area contributed by atoms with Crippen LogP contribution in [0, 0.1) is 17.0 Å². The molecule has 2 N–H and O–H groups in total. The van der Waals surface area contributed by atoms with Gasteiger partial charge in [0.2, 0.25) is 5.65 Å². The number of nitro groups is 1. The molecule has 0 fully saturated rings. The fourth-order valence-corrected chi connectivity index (χ4v) is 2.56. The van der Waals surface area contributed by atoms with E-state index >= 15 is 0 Å². The molecule has 0 amide bonds. The lowest BCUT2D eigenvalue weighted by atomic mass is 10.3. The van der Waals surface area contributed by atoms with Crippen molar-refractivity contribution < 1.29 is 4.92 Å². The maximum absolute atomic E-state index is 11.0. The summed E-state index contributed by atoms with van der Waals surface area (Å²) in [6.45, 7) is 1.79. The molecule has 3 heterocycles. The van der Waals surface area contributed by atoms with Gasteiger partial charge in [-0.1, -0.05) is 0 Å². The second-order valence-corrected chi connectivity index (χ2v) is 4.85. The van der Waals surface area contributed by atoms with Crippen LogP contribution in [0.25, 0.3) is 17.0 Å². The molecule has 0 spiro atoms. The monoisotopic (exact) mass is 275 g/mol. The van der Waals surface area contributed by atoms with Gasteiger partial charge >= 0.3 is 5.69 Å². The van der Waals surface area contributed by atoms with E-state index in [9.17, 15) is 10.1 Å². The van der Waals surface area contributed by atoms with Gasteiger partial charge in [-0.15, -0.1) is 11.3 Å². The summed E-state index contributed by atoms with van der Waals surface area (Å²) in [4.78, 5) is 19.0. The predicted octanol–water partition coefficient (Wildman–Crippen LogP) is 2.26. The minimum absolute atomic E-state index is 0.0277. The molecular formula is C11H9N5O2S. The summed E-state index contributed by atoms with van der Waals surface area (Å²) in [5, 5.41) is 13.3. The van der Waals surface area contributed by atoms with Gasteiger partial charge in [0.05, 0.1) is 16.3 Å². The van der Waals surface area contributed by atoms with Gasteiger partial charge in [0.1, 0.15) is 5.69 Å². The third-order valence-electron chi connectivity index (χ3n) is 2.76. The molecule has 0 aromatic carbocycles. The van der Waals surface area contributed by atoms with Crippen LogP contribution in [0.5, 0.6) is 0 Å². The van der Waals surface area contributed by atoms with Crippen LogP contribution in [0.3, 0.4) is 0 Å². The first-order valence-corrected chi connectivity index (χ1v) is 6.29. The van der Waals surface area contributed by atoms with Gasteiger partial charge in [-0.2, -0.15) is 0 Å². The highest BCUT2D eigenvalue weighted by molar-refractivity contribution is 7.13. The average Bonchev–Trinajstić information content (AvgIpc) is 2.90. The van der Waals surface area contributed by atoms with Crippen LogP contribution in [0.4, 0.5) is 10.8 Å². The number of anilines is 1. The van der Waals surface area contributed by atoms with Crippen molar-refractivity contribution in [2.45, 2.75) is 6.92 Å². The topological polar surface area (TPSA) is 99.3 Å². The number of thiazole rings is 1. The molecule has 0 aliphatic heterocycles. The zero-order chi connectivity index (χ0) is 13.6. The number of aryl methyl sites for hydroxylation is 1. The van der Waals surface area contributed by atoms with Gasteiger partial charge < -0.3 is 5.73 Å². The van der Waals surface area contributed by atoms with Crippen LogP contribution in [0.1, 0.15) is 5.69 Å². The van der Waals surface area contributed by atoms with E-state index in [1.165, 1.54) is 17.4 Å². The zero-order valence-electron chi connectivity index (χ0n) is 9.90. The van der Waals surface area contributed by atoms with Crippen molar-refractivity contribution in [1.82, 2.24) is 14.4 Å². The Morgan fingerprint density at radius 1 is 1.47 bits per heavy atom. The van der Waals surface area contributed by atoms with Gasteiger partial charge in [0.25, 0.3) is 0 Å². The van der Waals surface area contributed by atoms with E-state index in [0.29, 0.717) is 22.2 Å². The van der Waals surface area contributed by atoms with Gasteiger partial charge in [0, 0.05) is 17.6 Å². The number of hydrogen-bond acceptors (Lipinski definition) is 6. The lowest BCUT2D eigenvalue weighted by Gasteiger charge is -1.99. The number of rotatable bonds is 2. The third-order valence-corrected chi connectivity index (χ3v) is 3.44. The fourth-order valence-electron chi connectivity index (χ4n) is 2.01. The molecule has 0 saturated carbocycles. The van der Waals surface area contributed by atoms with Crippen molar-refractivity contribution in [2.24, 2.45) is 0 Å². The number of imidazole rings is 1. The number of pyridine rings is 1. The predicted molar refractivity (Wildman–Crippen MR) is 72.1 cm³/mol. The molecule has 0 aliphatic carbocycles. The first-order chi connectivity index (χ1) is 9.08. The Morgan fingerprint density at radius 3 is 2.89 bits per heavy atom. The molecule has 3 aromatic heterocycles. The molecule has 19 heavy (non-hydrogen) atoms. The Morgan fingerprint density at radius 2 is 2.26 bits per heavy atom. The Bertz CT molecular complexity index is 792. The van der Waals surface area contributed by atoms with Crippen molar-refractivity contribution in [2.75, 3.05) is 5.73 Å². The summed E-state index contributed by atoms with van der Waals surface area (Å²) < 4.78 is 1.67. The third kappa shape index (κ3) is 1.73. The smallest absolute Gasteiger partial charge is 0.312 e. The van der Waals surface area contributed by atoms with E-state index in [-0.39, 0.29) is 5.69 Å². The van der Waals surface area contributed by atoms with E-state index in [0.717, 1.165) is 5.69 Å². The van der Waals surface area contributed by atoms with E-state index in [1.54, 1.807) is 23.6 Å². The molecular weight excluding hydrogens is 266 g/mol. The van der Waals surface area contributed by atoms with E-state index in [1.807, 2.05) is 5.38 Å². The molecule has 0 aliphatic rings. The number of fused-ring (bicyclic) bond motifs is 1. The molecule has 7 nitrogen and oxygen atoms in total. The van der Waals surface area contributed by atoms with Crippen LogP contribution >= 0.6 is 11.3 Å². The van der Waals surface area contributed by atoms with Crippen LogP contribution in [-0.2, 0) is 0 Å². The van der Waals surface area contributed by atoms with Gasteiger partial charge in [-0.3, -0.25) is 14.5 Å². The molecule has 0 atom stereocenters. The Labute approximate surface area is 111 Å². The highest BCUT2D eigenvalue weighted by Crippen LogP contribution is 2.30. The molecule has 8 heteroatoms. The van der Waals surface area contributed by atoms with Crippen LogP contribution in [-0.4, -0.2) is 19.3 Å². The van der Waals surface area contributed by atoms with Crippen LogP contribution in [0.15, 0.2) is 23.7 Å². The molecule has 3 rings (SSSR count). The average molecular weight is 275 g/mol. The zero-order valence-corrected chi connectivity index (χ0v) is 10.7. The maximum atomic E-state index is 11.0. The molecule has 0 unspecified atom stereocenters. The highest BCUT2D eigenvalue weighted by Gasteiger charge is 2.20. The summed E-state index contributed by atoms with van der Waals surface area (Å²) in [7, 11) is 0. The Hall–Kier alpha value is -2.48. The molecule has 0 saturated heterocycles. The quantitative estimate of drug-likeness (QED) is 0.571. The number of nitrogen functional groups attached to an aromatic ring is 1. The van der Waals surface area contributed by atoms with Crippen molar-refractivity contribution in [3.63, 3.8) is 0 Å². The number of aromatic nitrogens is 3. The molecule has 96 valence electrons. The second-order valence-electron chi connectivity index (χ2n) is 3.96. The first-order valence-electron chi connectivity index (χ1n) is 5.41. The van der Waals surface area contributed by atoms with Crippen molar-refractivity contribution >= 4 is 27.8 Å². The maximum Gasteiger partial charge on any atom is 0.312 e. The van der Waals surface area contributed by atoms with Crippen molar-refractivity contribution in [1.29, 1.82) is 0 Å². The lowest BCUT2D eigenvalue weighted by Crippen LogP contribution is -1.94. The Kier molecular flexibility index (Phi) is 2.46. The van der Waals surface area contributed by atoms with Gasteiger partial charge in [-0.25, -0.2) is 9.97 Å². The highest BCUT2D eigenvalue weighted by atomic mass is 32.1.